The van der Waals surface area contributed by atoms with Crippen molar-refractivity contribution >= 4 is 45.0 Å². The fourth-order valence-corrected chi connectivity index (χ4v) is 2.31. The minimum Gasteiger partial charge on any atom is -0.383 e. The van der Waals surface area contributed by atoms with E-state index in [-0.39, 0.29) is 11.9 Å². The Morgan fingerprint density at radius 3 is 2.89 bits per heavy atom. The monoisotopic (exact) mass is 353 g/mol. The summed E-state index contributed by atoms with van der Waals surface area (Å²) in [5, 5.41) is 3.25. The lowest BCUT2D eigenvalue weighted by atomic mass is 10.1. The van der Waals surface area contributed by atoms with E-state index in [0.717, 1.165) is 0 Å². The number of amides is 1. The van der Waals surface area contributed by atoms with E-state index in [1.165, 1.54) is 0 Å². The van der Waals surface area contributed by atoms with E-state index in [4.69, 9.17) is 27.9 Å². The topological polar surface area (TPSA) is 38.3 Å². The number of rotatable bonds is 6. The number of hydrogen-bond donors (Lipinski definition) is 1. The molecule has 0 radical (unpaired) electrons. The molecule has 0 saturated carbocycles. The smallest absolute Gasteiger partial charge is 0.253 e. The van der Waals surface area contributed by atoms with Crippen molar-refractivity contribution in [1.29, 1.82) is 0 Å². The van der Waals surface area contributed by atoms with Crippen LogP contribution in [0.15, 0.2) is 22.7 Å². The average Bonchev–Trinajstić information content (AvgIpc) is 2.33. The summed E-state index contributed by atoms with van der Waals surface area (Å²) in [7, 11) is 1.58. The van der Waals surface area contributed by atoms with E-state index < -0.39 is 0 Å². The van der Waals surface area contributed by atoms with Crippen molar-refractivity contribution in [1.82, 2.24) is 5.32 Å². The number of benzene rings is 1. The van der Waals surface area contributed by atoms with Gasteiger partial charge in [0.15, 0.2) is 0 Å². The summed E-state index contributed by atoms with van der Waals surface area (Å²) >= 11 is 15.0. The SMILES string of the molecule is COCC(CCCl)NC(=O)c1cccc(Br)c1Cl. The molecule has 1 aromatic rings. The van der Waals surface area contributed by atoms with Crippen molar-refractivity contribution in [2.24, 2.45) is 0 Å². The van der Waals surface area contributed by atoms with E-state index in [9.17, 15) is 4.79 Å². The second-order valence-corrected chi connectivity index (χ2v) is 5.32. The van der Waals surface area contributed by atoms with Crippen molar-refractivity contribution in [2.75, 3.05) is 19.6 Å². The summed E-state index contributed by atoms with van der Waals surface area (Å²) in [6.45, 7) is 0.421. The van der Waals surface area contributed by atoms with Gasteiger partial charge in [0.1, 0.15) is 0 Å². The lowest BCUT2D eigenvalue weighted by Gasteiger charge is -2.17. The second kappa shape index (κ2) is 8.00. The third kappa shape index (κ3) is 4.43. The number of methoxy groups -OCH3 is 1. The molecule has 3 nitrogen and oxygen atoms in total. The quantitative estimate of drug-likeness (QED) is 0.794. The van der Waals surface area contributed by atoms with Gasteiger partial charge in [-0.2, -0.15) is 0 Å². The zero-order valence-corrected chi connectivity index (χ0v) is 13.0. The number of carbonyl (C=O) groups is 1. The van der Waals surface area contributed by atoms with Gasteiger partial charge in [-0.15, -0.1) is 11.6 Å². The fourth-order valence-electron chi connectivity index (χ4n) is 1.47. The number of hydrogen-bond acceptors (Lipinski definition) is 2. The molecular formula is C12H14BrCl2NO2. The van der Waals surface area contributed by atoms with Crippen molar-refractivity contribution in [3.8, 4) is 0 Å². The third-order valence-electron chi connectivity index (χ3n) is 2.36. The largest absolute Gasteiger partial charge is 0.383 e. The second-order valence-electron chi connectivity index (χ2n) is 3.70. The van der Waals surface area contributed by atoms with E-state index in [0.29, 0.717) is 34.0 Å². The first-order valence-corrected chi connectivity index (χ1v) is 7.10. The van der Waals surface area contributed by atoms with Gasteiger partial charge in [0.2, 0.25) is 0 Å². The van der Waals surface area contributed by atoms with Crippen molar-refractivity contribution in [3.05, 3.63) is 33.3 Å². The molecule has 0 spiro atoms. The zero-order valence-electron chi connectivity index (χ0n) is 9.88. The summed E-state index contributed by atoms with van der Waals surface area (Å²) in [5.41, 5.74) is 0.432. The van der Waals surface area contributed by atoms with Gasteiger partial charge in [0.25, 0.3) is 5.91 Å². The number of nitrogens with one attached hydrogen (secondary N) is 1. The lowest BCUT2D eigenvalue weighted by molar-refractivity contribution is 0.0895. The van der Waals surface area contributed by atoms with Gasteiger partial charge < -0.3 is 10.1 Å². The summed E-state index contributed by atoms with van der Waals surface area (Å²) < 4.78 is 5.72. The van der Waals surface area contributed by atoms with E-state index in [1.807, 2.05) is 0 Å². The Bertz CT molecular complexity index is 409. The van der Waals surface area contributed by atoms with Crippen LogP contribution in [0.3, 0.4) is 0 Å². The predicted octanol–water partition coefficient (Wildman–Crippen LogP) is 3.48. The Morgan fingerprint density at radius 1 is 1.56 bits per heavy atom. The van der Waals surface area contributed by atoms with Crippen molar-refractivity contribution < 1.29 is 9.53 Å². The Labute approximate surface area is 125 Å². The average molecular weight is 355 g/mol. The number of halogens is 3. The van der Waals surface area contributed by atoms with Crippen LogP contribution in [0.2, 0.25) is 5.02 Å². The van der Waals surface area contributed by atoms with Crippen LogP contribution in [-0.4, -0.2) is 31.5 Å². The highest BCUT2D eigenvalue weighted by Gasteiger charge is 2.16. The van der Waals surface area contributed by atoms with Crippen LogP contribution in [-0.2, 0) is 4.74 Å². The summed E-state index contributed by atoms with van der Waals surface area (Å²) in [4.78, 5) is 12.1. The van der Waals surface area contributed by atoms with E-state index in [2.05, 4.69) is 21.2 Å². The standard InChI is InChI=1S/C12H14BrCl2NO2/c1-18-7-8(5-6-14)16-12(17)9-3-2-4-10(13)11(9)15/h2-4,8H,5-7H2,1H3,(H,16,17). The first kappa shape index (κ1) is 15.8. The van der Waals surface area contributed by atoms with Crippen LogP contribution in [0.25, 0.3) is 0 Å². The Morgan fingerprint density at radius 2 is 2.28 bits per heavy atom. The van der Waals surface area contributed by atoms with Crippen LogP contribution >= 0.6 is 39.1 Å². The first-order valence-electron chi connectivity index (χ1n) is 5.40. The molecule has 1 N–H and O–H groups in total. The molecule has 0 aliphatic heterocycles. The minimum atomic E-state index is -0.228. The highest BCUT2D eigenvalue weighted by Crippen LogP contribution is 2.25. The Kier molecular flexibility index (Phi) is 7.00. The molecule has 1 aromatic carbocycles. The highest BCUT2D eigenvalue weighted by atomic mass is 79.9. The first-order chi connectivity index (χ1) is 8.60. The molecule has 0 aliphatic carbocycles. The van der Waals surface area contributed by atoms with Crippen molar-refractivity contribution in [3.63, 3.8) is 0 Å². The van der Waals surface area contributed by atoms with Crippen LogP contribution in [0.5, 0.6) is 0 Å². The lowest BCUT2D eigenvalue weighted by Crippen LogP contribution is -2.38. The van der Waals surface area contributed by atoms with Gasteiger partial charge in [0, 0.05) is 17.5 Å². The van der Waals surface area contributed by atoms with E-state index >= 15 is 0 Å². The highest BCUT2D eigenvalue weighted by molar-refractivity contribution is 9.10. The molecule has 18 heavy (non-hydrogen) atoms. The Hall–Kier alpha value is -0.290. The van der Waals surface area contributed by atoms with Gasteiger partial charge in [-0.25, -0.2) is 0 Å². The molecule has 6 heteroatoms. The summed E-state index contributed by atoms with van der Waals surface area (Å²) in [6.07, 6.45) is 0.646. The molecule has 1 atom stereocenters. The van der Waals surface area contributed by atoms with Crippen LogP contribution in [0.4, 0.5) is 0 Å². The number of carbonyl (C=O) groups excluding carboxylic acids is 1. The molecule has 0 aliphatic rings. The minimum absolute atomic E-state index is 0.116. The fraction of sp³-hybridized carbons (Fsp3) is 0.417. The van der Waals surface area contributed by atoms with E-state index in [1.54, 1.807) is 25.3 Å². The molecule has 0 heterocycles. The summed E-state index contributed by atoms with van der Waals surface area (Å²) in [5.74, 6) is 0.231. The summed E-state index contributed by atoms with van der Waals surface area (Å²) in [6, 6.07) is 5.10. The molecule has 100 valence electrons. The van der Waals surface area contributed by atoms with Gasteiger partial charge in [-0.3, -0.25) is 4.79 Å². The van der Waals surface area contributed by atoms with Gasteiger partial charge >= 0.3 is 0 Å². The normalized spacial score (nSPS) is 12.2. The predicted molar refractivity (Wildman–Crippen MR) is 77.6 cm³/mol. The van der Waals surface area contributed by atoms with Crippen molar-refractivity contribution in [2.45, 2.75) is 12.5 Å². The molecule has 0 saturated heterocycles. The molecule has 1 unspecified atom stereocenters. The molecule has 0 fully saturated rings. The molecular weight excluding hydrogens is 341 g/mol. The maximum absolute atomic E-state index is 12.1. The van der Waals surface area contributed by atoms with Crippen LogP contribution < -0.4 is 5.32 Å². The zero-order chi connectivity index (χ0) is 13.5. The maximum Gasteiger partial charge on any atom is 0.253 e. The van der Waals surface area contributed by atoms with Gasteiger partial charge in [0.05, 0.1) is 23.2 Å². The molecule has 0 aromatic heterocycles. The molecule has 1 rings (SSSR count). The Balaban J connectivity index is 2.77. The molecule has 0 bridgehead atoms. The van der Waals surface area contributed by atoms with Crippen LogP contribution in [0.1, 0.15) is 16.8 Å². The molecule has 1 amide bonds. The van der Waals surface area contributed by atoms with Gasteiger partial charge in [-0.1, -0.05) is 17.7 Å². The third-order valence-corrected chi connectivity index (χ3v) is 3.87. The maximum atomic E-state index is 12.1. The van der Waals surface area contributed by atoms with Gasteiger partial charge in [-0.05, 0) is 34.5 Å². The van der Waals surface area contributed by atoms with Crippen LogP contribution in [0, 0.1) is 0 Å². The number of ether oxygens (including phenoxy) is 1. The number of alkyl halides is 1.